The first-order valence-corrected chi connectivity index (χ1v) is 10.4. The van der Waals surface area contributed by atoms with Crippen LogP contribution in [0.1, 0.15) is 18.1 Å². The summed E-state index contributed by atoms with van der Waals surface area (Å²) in [5.74, 6) is 0.614. The standard InChI is InChI=1S/C27H24FNO4/c1-16(13-25(30)29-23-7-5-6-8-24(23)31-3)20-14-21-22(18-9-11-19(28)12-10-18)15-33-27(21)17(2)26(20)32-4/h5-15H,1-4H3,(H,29,30)/b16-13+. The number of methoxy groups -OCH3 is 2. The predicted octanol–water partition coefficient (Wildman–Crippen LogP) is 6.61. The third-order valence-corrected chi connectivity index (χ3v) is 5.54. The molecule has 0 aliphatic rings. The maximum atomic E-state index is 13.4. The fourth-order valence-electron chi connectivity index (χ4n) is 3.92. The lowest BCUT2D eigenvalue weighted by Crippen LogP contribution is -2.09. The highest BCUT2D eigenvalue weighted by Crippen LogP contribution is 2.40. The minimum Gasteiger partial charge on any atom is -0.496 e. The van der Waals surface area contributed by atoms with Crippen LogP contribution in [0, 0.1) is 12.7 Å². The van der Waals surface area contributed by atoms with Crippen LogP contribution in [0.4, 0.5) is 10.1 Å². The molecule has 0 aliphatic carbocycles. The summed E-state index contributed by atoms with van der Waals surface area (Å²) in [7, 11) is 3.14. The van der Waals surface area contributed by atoms with Crippen molar-refractivity contribution in [1.82, 2.24) is 0 Å². The Balaban J connectivity index is 1.76. The van der Waals surface area contributed by atoms with E-state index in [1.165, 1.54) is 18.2 Å². The second-order valence-corrected chi connectivity index (χ2v) is 7.63. The SMILES string of the molecule is COc1ccccc1NC(=O)/C=C(\C)c1cc2c(-c3ccc(F)cc3)coc2c(C)c1OC. The van der Waals surface area contributed by atoms with Crippen molar-refractivity contribution in [3.63, 3.8) is 0 Å². The maximum absolute atomic E-state index is 13.4. The Bertz CT molecular complexity index is 1350. The molecule has 1 aromatic heterocycles. The summed E-state index contributed by atoms with van der Waals surface area (Å²) in [5, 5.41) is 3.71. The molecule has 0 aliphatic heterocycles. The fourth-order valence-corrected chi connectivity index (χ4v) is 3.92. The number of fused-ring (bicyclic) bond motifs is 1. The van der Waals surface area contributed by atoms with Crippen LogP contribution in [0.15, 0.2) is 71.4 Å². The second kappa shape index (κ2) is 9.20. The van der Waals surface area contributed by atoms with E-state index in [1.807, 2.05) is 32.0 Å². The van der Waals surface area contributed by atoms with E-state index >= 15 is 0 Å². The van der Waals surface area contributed by atoms with Crippen LogP contribution in [0.5, 0.6) is 11.5 Å². The number of halogens is 1. The number of allylic oxidation sites excluding steroid dienone is 1. The Kier molecular flexibility index (Phi) is 6.18. The summed E-state index contributed by atoms with van der Waals surface area (Å²) in [6.07, 6.45) is 3.18. The zero-order chi connectivity index (χ0) is 23.5. The first-order chi connectivity index (χ1) is 15.9. The van der Waals surface area contributed by atoms with Crippen molar-refractivity contribution in [2.75, 3.05) is 19.5 Å². The number of aryl methyl sites for hydroxylation is 1. The normalized spacial score (nSPS) is 11.5. The van der Waals surface area contributed by atoms with E-state index in [2.05, 4.69) is 5.32 Å². The highest BCUT2D eigenvalue weighted by atomic mass is 19.1. The van der Waals surface area contributed by atoms with E-state index in [4.69, 9.17) is 13.9 Å². The molecule has 6 heteroatoms. The van der Waals surface area contributed by atoms with E-state index in [0.29, 0.717) is 22.8 Å². The Hall–Kier alpha value is -4.06. The Morgan fingerprint density at radius 3 is 2.48 bits per heavy atom. The number of ether oxygens (including phenoxy) is 2. The molecule has 5 nitrogen and oxygen atoms in total. The third-order valence-electron chi connectivity index (χ3n) is 5.54. The van der Waals surface area contributed by atoms with E-state index in [-0.39, 0.29) is 11.7 Å². The molecule has 0 bridgehead atoms. The molecule has 4 rings (SSSR count). The Labute approximate surface area is 191 Å². The van der Waals surface area contributed by atoms with Gasteiger partial charge in [0.15, 0.2) is 0 Å². The molecule has 0 saturated heterocycles. The van der Waals surface area contributed by atoms with Crippen molar-refractivity contribution in [3.05, 3.63) is 83.9 Å². The lowest BCUT2D eigenvalue weighted by molar-refractivity contribution is -0.111. The molecule has 0 fully saturated rings. The number of nitrogens with one attached hydrogen (secondary N) is 1. The zero-order valence-corrected chi connectivity index (χ0v) is 18.9. The topological polar surface area (TPSA) is 60.7 Å². The fraction of sp³-hybridized carbons (Fsp3) is 0.148. The van der Waals surface area contributed by atoms with Crippen molar-refractivity contribution in [2.45, 2.75) is 13.8 Å². The van der Waals surface area contributed by atoms with Crippen molar-refractivity contribution < 1.29 is 23.1 Å². The molecule has 0 atom stereocenters. The largest absolute Gasteiger partial charge is 0.496 e. The first-order valence-electron chi connectivity index (χ1n) is 10.4. The van der Waals surface area contributed by atoms with Crippen LogP contribution in [0.25, 0.3) is 27.7 Å². The molecular weight excluding hydrogens is 421 g/mol. The summed E-state index contributed by atoms with van der Waals surface area (Å²) < 4.78 is 30.2. The second-order valence-electron chi connectivity index (χ2n) is 7.63. The molecule has 168 valence electrons. The van der Waals surface area contributed by atoms with Gasteiger partial charge in [0.05, 0.1) is 26.2 Å². The van der Waals surface area contributed by atoms with Gasteiger partial charge in [-0.15, -0.1) is 0 Å². The van der Waals surface area contributed by atoms with Crippen LogP contribution in [0.2, 0.25) is 0 Å². The van der Waals surface area contributed by atoms with Crippen LogP contribution < -0.4 is 14.8 Å². The van der Waals surface area contributed by atoms with Gasteiger partial charge in [-0.25, -0.2) is 4.39 Å². The zero-order valence-electron chi connectivity index (χ0n) is 18.9. The molecule has 0 unspecified atom stereocenters. The van der Waals surface area contributed by atoms with E-state index in [1.54, 1.807) is 44.7 Å². The van der Waals surface area contributed by atoms with Gasteiger partial charge in [0.2, 0.25) is 5.91 Å². The van der Waals surface area contributed by atoms with Gasteiger partial charge in [-0.1, -0.05) is 24.3 Å². The molecule has 1 heterocycles. The molecule has 1 amide bonds. The number of furan rings is 1. The van der Waals surface area contributed by atoms with Crippen LogP contribution in [0.3, 0.4) is 0 Å². The summed E-state index contributed by atoms with van der Waals surface area (Å²) in [6.45, 7) is 3.76. The van der Waals surface area contributed by atoms with Crippen LogP contribution >= 0.6 is 0 Å². The quantitative estimate of drug-likeness (QED) is 0.339. The average Bonchev–Trinajstić information content (AvgIpc) is 3.24. The van der Waals surface area contributed by atoms with Gasteiger partial charge in [0.1, 0.15) is 22.9 Å². The predicted molar refractivity (Wildman–Crippen MR) is 128 cm³/mol. The third kappa shape index (κ3) is 4.32. The van der Waals surface area contributed by atoms with Gasteiger partial charge in [-0.2, -0.15) is 0 Å². The number of rotatable bonds is 6. The van der Waals surface area contributed by atoms with Gasteiger partial charge in [-0.05, 0) is 55.3 Å². The van der Waals surface area contributed by atoms with E-state index < -0.39 is 0 Å². The lowest BCUT2D eigenvalue weighted by Gasteiger charge is -2.14. The van der Waals surface area contributed by atoms with Crippen LogP contribution in [-0.2, 0) is 4.79 Å². The number of anilines is 1. The molecule has 1 N–H and O–H groups in total. The highest BCUT2D eigenvalue weighted by Gasteiger charge is 2.19. The molecule has 0 spiro atoms. The average molecular weight is 445 g/mol. The van der Waals surface area contributed by atoms with Crippen LogP contribution in [-0.4, -0.2) is 20.1 Å². The number of carbonyl (C=O) groups is 1. The van der Waals surface area contributed by atoms with Crippen molar-refractivity contribution in [2.24, 2.45) is 0 Å². The summed E-state index contributed by atoms with van der Waals surface area (Å²) in [6, 6.07) is 15.4. The number of benzene rings is 3. The molecule has 0 saturated carbocycles. The highest BCUT2D eigenvalue weighted by molar-refractivity contribution is 6.06. The first kappa shape index (κ1) is 22.1. The monoisotopic (exact) mass is 445 g/mol. The molecule has 0 radical (unpaired) electrons. The number of amides is 1. The Morgan fingerprint density at radius 2 is 1.79 bits per heavy atom. The smallest absolute Gasteiger partial charge is 0.248 e. The lowest BCUT2D eigenvalue weighted by atomic mass is 9.96. The number of carbonyl (C=O) groups excluding carboxylic acids is 1. The summed E-state index contributed by atoms with van der Waals surface area (Å²) in [5.41, 5.74) is 5.24. The van der Waals surface area contributed by atoms with Gasteiger partial charge >= 0.3 is 0 Å². The maximum Gasteiger partial charge on any atom is 0.248 e. The van der Waals surface area contributed by atoms with Gasteiger partial charge in [0, 0.05) is 28.2 Å². The van der Waals surface area contributed by atoms with Gasteiger partial charge in [-0.3, -0.25) is 4.79 Å². The van der Waals surface area contributed by atoms with Crippen molar-refractivity contribution in [1.29, 1.82) is 0 Å². The van der Waals surface area contributed by atoms with Gasteiger partial charge < -0.3 is 19.2 Å². The van der Waals surface area contributed by atoms with Crippen molar-refractivity contribution in [3.8, 4) is 22.6 Å². The number of para-hydroxylation sites is 2. The minimum atomic E-state index is -0.301. The molecule has 4 aromatic rings. The number of hydrogen-bond acceptors (Lipinski definition) is 4. The minimum absolute atomic E-state index is 0.289. The molecule has 33 heavy (non-hydrogen) atoms. The van der Waals surface area contributed by atoms with Gasteiger partial charge in [0.25, 0.3) is 0 Å². The van der Waals surface area contributed by atoms with E-state index in [9.17, 15) is 9.18 Å². The summed E-state index contributed by atoms with van der Waals surface area (Å²) >= 11 is 0. The Morgan fingerprint density at radius 1 is 1.06 bits per heavy atom. The molecule has 3 aromatic carbocycles. The van der Waals surface area contributed by atoms with Crippen molar-refractivity contribution >= 4 is 28.1 Å². The number of hydrogen-bond donors (Lipinski definition) is 1. The van der Waals surface area contributed by atoms with E-state index in [0.717, 1.165) is 33.2 Å². The molecular formula is C27H24FNO4. The summed E-state index contributed by atoms with van der Waals surface area (Å²) in [4.78, 5) is 12.7.